The number of ether oxygens (including phenoxy) is 2. The summed E-state index contributed by atoms with van der Waals surface area (Å²) < 4.78 is 16.4. The zero-order chi connectivity index (χ0) is 21.9. The van der Waals surface area contributed by atoms with Crippen LogP contribution in [0.4, 0.5) is 5.69 Å². The van der Waals surface area contributed by atoms with Crippen LogP contribution in [0, 0.1) is 6.92 Å². The summed E-state index contributed by atoms with van der Waals surface area (Å²) in [5, 5.41) is 8.37. The molecule has 0 aliphatic carbocycles. The number of nitrogens with zero attached hydrogens (tertiary/aromatic N) is 4. The van der Waals surface area contributed by atoms with Crippen molar-refractivity contribution in [3.05, 3.63) is 59.7 Å². The average Bonchev–Trinajstić information content (AvgIpc) is 3.49. The number of anilines is 1. The predicted molar refractivity (Wildman–Crippen MR) is 123 cm³/mol. The third-order valence-corrected chi connectivity index (χ3v) is 7.60. The van der Waals surface area contributed by atoms with Gasteiger partial charge in [-0.25, -0.2) is 0 Å². The van der Waals surface area contributed by atoms with Crippen LogP contribution in [0.2, 0.25) is 0 Å². The lowest BCUT2D eigenvalue weighted by molar-refractivity contribution is -0.0452. The summed E-state index contributed by atoms with van der Waals surface area (Å²) in [6.07, 6.45) is 7.41. The Bertz CT molecular complexity index is 1160. The average molecular weight is 434 g/mol. The monoisotopic (exact) mass is 433 g/mol. The van der Waals surface area contributed by atoms with Crippen molar-refractivity contribution in [2.24, 2.45) is 7.05 Å². The molecule has 1 atom stereocenters. The highest BCUT2D eigenvalue weighted by atomic mass is 16.5. The van der Waals surface area contributed by atoms with E-state index >= 15 is 0 Å². The number of nitrogens with one attached hydrogen (secondary N) is 1. The lowest BCUT2D eigenvalue weighted by atomic mass is 9.79. The molecule has 32 heavy (non-hydrogen) atoms. The first-order valence-corrected chi connectivity index (χ1v) is 11.5. The lowest BCUT2D eigenvalue weighted by Crippen LogP contribution is -2.46. The second-order valence-electron chi connectivity index (χ2n) is 9.69. The number of likely N-dealkylation sites (tertiary alicyclic amines) is 1. The van der Waals surface area contributed by atoms with E-state index < -0.39 is 0 Å². The Morgan fingerprint density at radius 2 is 2.06 bits per heavy atom. The summed E-state index contributed by atoms with van der Waals surface area (Å²) in [5.41, 5.74) is 5.75. The van der Waals surface area contributed by atoms with Crippen molar-refractivity contribution in [2.45, 2.75) is 43.9 Å². The second-order valence-corrected chi connectivity index (χ2v) is 9.69. The number of aryl methyl sites for hydroxylation is 2. The van der Waals surface area contributed by atoms with E-state index in [9.17, 15) is 0 Å². The fourth-order valence-corrected chi connectivity index (χ4v) is 5.91. The Morgan fingerprint density at radius 3 is 2.81 bits per heavy atom. The Kier molecular flexibility index (Phi) is 4.42. The van der Waals surface area contributed by atoms with E-state index in [-0.39, 0.29) is 11.1 Å². The molecule has 3 aliphatic rings. The third-order valence-electron chi connectivity index (χ3n) is 7.60. The number of piperidine rings is 1. The first-order valence-electron chi connectivity index (χ1n) is 11.5. The molecule has 2 spiro atoms. The van der Waals surface area contributed by atoms with Gasteiger partial charge in [-0.15, -0.1) is 0 Å². The van der Waals surface area contributed by atoms with Gasteiger partial charge < -0.3 is 19.4 Å². The van der Waals surface area contributed by atoms with Gasteiger partial charge >= 0.3 is 0 Å². The van der Waals surface area contributed by atoms with Gasteiger partial charge in [0.1, 0.15) is 11.3 Å². The molecule has 6 rings (SSSR count). The molecular formula is C25H31N5O2. The summed E-state index contributed by atoms with van der Waals surface area (Å²) in [7, 11) is 3.71. The van der Waals surface area contributed by atoms with Gasteiger partial charge in [-0.05, 0) is 44.0 Å². The van der Waals surface area contributed by atoms with E-state index in [1.807, 2.05) is 17.8 Å². The normalized spacial score (nSPS) is 23.8. The smallest absolute Gasteiger partial charge is 0.121 e. The van der Waals surface area contributed by atoms with Gasteiger partial charge in [0, 0.05) is 57.1 Å². The van der Waals surface area contributed by atoms with Crippen molar-refractivity contribution in [1.82, 2.24) is 19.2 Å². The fraction of sp³-hybridized carbons (Fsp3) is 0.480. The van der Waals surface area contributed by atoms with Gasteiger partial charge in [-0.3, -0.25) is 9.58 Å². The SMILES string of the molecule is COc1ccc2c(c1)NC1(COC3(CCN(Cc4cn(C)nc4C)CC3)C1)c1cccn1-2. The molecule has 2 fully saturated rings. The Balaban J connectivity index is 1.22. The largest absolute Gasteiger partial charge is 0.497 e. The molecule has 0 amide bonds. The quantitative estimate of drug-likeness (QED) is 0.684. The van der Waals surface area contributed by atoms with E-state index in [2.05, 4.69) is 63.5 Å². The van der Waals surface area contributed by atoms with Crippen molar-refractivity contribution >= 4 is 5.69 Å². The highest BCUT2D eigenvalue weighted by molar-refractivity contribution is 5.69. The zero-order valence-corrected chi connectivity index (χ0v) is 19.1. The maximum atomic E-state index is 6.65. The van der Waals surface area contributed by atoms with Crippen LogP contribution in [-0.4, -0.2) is 51.7 Å². The van der Waals surface area contributed by atoms with Crippen LogP contribution in [0.25, 0.3) is 5.69 Å². The number of fused-ring (bicyclic) bond motifs is 4. The summed E-state index contributed by atoms with van der Waals surface area (Å²) in [5.74, 6) is 0.870. The third kappa shape index (κ3) is 3.06. The van der Waals surface area contributed by atoms with Crippen LogP contribution < -0.4 is 10.1 Å². The number of aromatic nitrogens is 3. The number of rotatable bonds is 3. The van der Waals surface area contributed by atoms with Crippen molar-refractivity contribution in [3.63, 3.8) is 0 Å². The first kappa shape index (κ1) is 19.9. The van der Waals surface area contributed by atoms with Gasteiger partial charge in [0.2, 0.25) is 0 Å². The van der Waals surface area contributed by atoms with E-state index in [0.717, 1.165) is 56.0 Å². The Morgan fingerprint density at radius 1 is 1.22 bits per heavy atom. The minimum Gasteiger partial charge on any atom is -0.497 e. The van der Waals surface area contributed by atoms with E-state index in [1.165, 1.54) is 16.9 Å². The minimum atomic E-state index is -0.203. The first-order chi connectivity index (χ1) is 15.5. The molecule has 0 radical (unpaired) electrons. The molecule has 1 aromatic carbocycles. The standard InChI is InChI=1S/C25H31N5O2/c1-18-19(14-28(2)27-18)15-29-11-8-24(9-12-29)16-25(17-32-24)23-5-4-10-30(23)22-7-6-20(31-3)13-21(22)26-25/h4-7,10,13-14,26H,8-9,11-12,15-17H2,1-3H3. The van der Waals surface area contributed by atoms with Crippen LogP contribution >= 0.6 is 0 Å². The van der Waals surface area contributed by atoms with Gasteiger partial charge in [0.15, 0.2) is 0 Å². The highest BCUT2D eigenvalue weighted by Crippen LogP contribution is 2.50. The van der Waals surface area contributed by atoms with Crippen molar-refractivity contribution in [3.8, 4) is 11.4 Å². The van der Waals surface area contributed by atoms with Crippen LogP contribution in [0.15, 0.2) is 42.7 Å². The second kappa shape index (κ2) is 7.12. The zero-order valence-electron chi connectivity index (χ0n) is 19.1. The van der Waals surface area contributed by atoms with Gasteiger partial charge in [0.25, 0.3) is 0 Å². The van der Waals surface area contributed by atoms with E-state index in [1.54, 1.807) is 7.11 Å². The summed E-state index contributed by atoms with van der Waals surface area (Å²) in [6.45, 7) is 5.86. The van der Waals surface area contributed by atoms with Gasteiger partial charge in [0.05, 0.1) is 42.1 Å². The number of benzene rings is 1. The maximum absolute atomic E-state index is 6.65. The molecule has 3 aliphatic heterocycles. The van der Waals surface area contributed by atoms with E-state index in [4.69, 9.17) is 9.47 Å². The molecule has 0 bridgehead atoms. The van der Waals surface area contributed by atoms with Crippen molar-refractivity contribution in [2.75, 3.05) is 32.1 Å². The predicted octanol–water partition coefficient (Wildman–Crippen LogP) is 3.60. The summed E-state index contributed by atoms with van der Waals surface area (Å²) in [4.78, 5) is 2.54. The molecule has 0 saturated carbocycles. The van der Waals surface area contributed by atoms with Crippen LogP contribution in [-0.2, 0) is 23.9 Å². The number of hydrogen-bond acceptors (Lipinski definition) is 5. The molecule has 7 heteroatoms. The fourth-order valence-electron chi connectivity index (χ4n) is 5.91. The summed E-state index contributed by atoms with van der Waals surface area (Å²) in [6, 6.07) is 10.6. The van der Waals surface area contributed by atoms with Gasteiger partial charge in [-0.1, -0.05) is 0 Å². The molecule has 2 saturated heterocycles. The molecule has 1 N–H and O–H groups in total. The van der Waals surface area contributed by atoms with Crippen LogP contribution in [0.1, 0.15) is 36.2 Å². The molecule has 7 nitrogen and oxygen atoms in total. The molecule has 2 aromatic heterocycles. The van der Waals surface area contributed by atoms with Crippen molar-refractivity contribution in [1.29, 1.82) is 0 Å². The minimum absolute atomic E-state index is 0.0705. The Hall–Kier alpha value is -2.77. The molecular weight excluding hydrogens is 402 g/mol. The topological polar surface area (TPSA) is 56.5 Å². The Labute approximate surface area is 188 Å². The van der Waals surface area contributed by atoms with Crippen LogP contribution in [0.3, 0.4) is 0 Å². The molecule has 168 valence electrons. The molecule has 3 aromatic rings. The van der Waals surface area contributed by atoms with E-state index in [0.29, 0.717) is 6.61 Å². The lowest BCUT2D eigenvalue weighted by Gasteiger charge is -2.41. The molecule has 5 heterocycles. The van der Waals surface area contributed by atoms with Crippen LogP contribution in [0.5, 0.6) is 5.75 Å². The highest BCUT2D eigenvalue weighted by Gasteiger charge is 2.53. The molecule has 1 unspecified atom stereocenters. The van der Waals surface area contributed by atoms with Crippen molar-refractivity contribution < 1.29 is 9.47 Å². The van der Waals surface area contributed by atoms with Gasteiger partial charge in [-0.2, -0.15) is 5.10 Å². The number of methoxy groups -OCH3 is 1. The maximum Gasteiger partial charge on any atom is 0.121 e. The number of hydrogen-bond donors (Lipinski definition) is 1. The summed E-state index contributed by atoms with van der Waals surface area (Å²) >= 11 is 0.